The Morgan fingerprint density at radius 1 is 1.20 bits per heavy atom. The number of carbonyl (C=O) groups is 1. The number of aryl methyl sites for hydroxylation is 2. The number of nitrogens with one attached hydrogen (secondary N) is 1. The van der Waals surface area contributed by atoms with Gasteiger partial charge in [-0.25, -0.2) is 4.98 Å². The molecule has 0 radical (unpaired) electrons. The Morgan fingerprint density at radius 2 is 2.00 bits per heavy atom. The maximum Gasteiger partial charge on any atom is 0.221 e. The van der Waals surface area contributed by atoms with Gasteiger partial charge in [-0.15, -0.1) is 0 Å². The van der Waals surface area contributed by atoms with Crippen LogP contribution in [-0.2, 0) is 24.1 Å². The molecule has 0 unspecified atom stereocenters. The molecule has 1 aromatic heterocycles. The fraction of sp³-hybridized carbons (Fsp3) is 0.450. The number of hydrogen-bond acceptors (Lipinski definition) is 5. The highest BCUT2D eigenvalue weighted by Gasteiger charge is 2.07. The van der Waals surface area contributed by atoms with Gasteiger partial charge in [-0.1, -0.05) is 44.5 Å². The average Bonchev–Trinajstić information content (AvgIpc) is 2.61. The van der Waals surface area contributed by atoms with E-state index in [1.165, 1.54) is 5.56 Å². The second-order valence-corrected chi connectivity index (χ2v) is 6.27. The predicted molar refractivity (Wildman–Crippen MR) is 103 cm³/mol. The number of unbranched alkanes of at least 4 members (excludes halogenated alkanes) is 1. The largest absolute Gasteiger partial charge is 0.370 e. The summed E-state index contributed by atoms with van der Waals surface area (Å²) in [6, 6.07) is 8.26. The first-order valence-electron chi connectivity index (χ1n) is 9.07. The summed E-state index contributed by atoms with van der Waals surface area (Å²) in [7, 11) is 0. The highest BCUT2D eigenvalue weighted by molar-refractivity contribution is 5.80. The lowest BCUT2D eigenvalue weighted by atomic mass is 10.0. The Bertz CT molecular complexity index is 700. The van der Waals surface area contributed by atoms with Gasteiger partial charge in [0.15, 0.2) is 0 Å². The van der Waals surface area contributed by atoms with Gasteiger partial charge < -0.3 is 11.1 Å². The molecule has 3 N–H and O–H groups in total. The first-order valence-corrected chi connectivity index (χ1v) is 9.07. The summed E-state index contributed by atoms with van der Waals surface area (Å²) in [5.41, 5.74) is 9.10. The fourth-order valence-electron chi connectivity index (χ4n) is 2.67. The van der Waals surface area contributed by atoms with Crippen molar-refractivity contribution in [1.29, 1.82) is 0 Å². The number of Topliss-reactive ketones (excluding diaryl/α,β-unsaturated/α-hetero) is 1. The van der Waals surface area contributed by atoms with Gasteiger partial charge in [0.1, 0.15) is 11.6 Å². The van der Waals surface area contributed by atoms with E-state index in [0.29, 0.717) is 18.8 Å². The molecule has 134 valence electrons. The van der Waals surface area contributed by atoms with Crippen molar-refractivity contribution in [2.75, 3.05) is 17.6 Å². The fourth-order valence-corrected chi connectivity index (χ4v) is 2.67. The molecule has 1 heterocycles. The molecule has 0 aliphatic rings. The van der Waals surface area contributed by atoms with E-state index >= 15 is 0 Å². The predicted octanol–water partition coefficient (Wildman–Crippen LogP) is 3.58. The van der Waals surface area contributed by atoms with E-state index in [-0.39, 0.29) is 5.78 Å². The second kappa shape index (κ2) is 9.77. The summed E-state index contributed by atoms with van der Waals surface area (Å²) in [5, 5.41) is 3.36. The molecule has 0 aliphatic carbocycles. The summed E-state index contributed by atoms with van der Waals surface area (Å²) >= 11 is 0. The third kappa shape index (κ3) is 6.18. The van der Waals surface area contributed by atoms with Gasteiger partial charge >= 0.3 is 0 Å². The Morgan fingerprint density at radius 3 is 2.76 bits per heavy atom. The zero-order chi connectivity index (χ0) is 18.1. The minimum atomic E-state index is 0.270. The van der Waals surface area contributed by atoms with Gasteiger partial charge in [0.05, 0.1) is 0 Å². The molecule has 25 heavy (non-hydrogen) atoms. The molecule has 0 saturated heterocycles. The van der Waals surface area contributed by atoms with Crippen molar-refractivity contribution in [3.63, 3.8) is 0 Å². The quantitative estimate of drug-likeness (QED) is 0.646. The zero-order valence-corrected chi connectivity index (χ0v) is 15.2. The van der Waals surface area contributed by atoms with Gasteiger partial charge in [-0.3, -0.25) is 4.79 Å². The van der Waals surface area contributed by atoms with Crippen molar-refractivity contribution in [3.8, 4) is 0 Å². The van der Waals surface area contributed by atoms with Crippen LogP contribution in [0.3, 0.4) is 0 Å². The number of carbonyl (C=O) groups excluding carboxylic acids is 1. The second-order valence-electron chi connectivity index (χ2n) is 6.27. The van der Waals surface area contributed by atoms with Crippen molar-refractivity contribution in [1.82, 2.24) is 9.97 Å². The van der Waals surface area contributed by atoms with E-state index in [1.807, 2.05) is 19.1 Å². The Kier molecular flexibility index (Phi) is 7.38. The van der Waals surface area contributed by atoms with Crippen LogP contribution in [0.5, 0.6) is 0 Å². The number of hydrogen-bond donors (Lipinski definition) is 2. The van der Waals surface area contributed by atoms with E-state index in [4.69, 9.17) is 5.73 Å². The molecule has 2 aromatic rings. The zero-order valence-electron chi connectivity index (χ0n) is 15.2. The lowest BCUT2D eigenvalue weighted by molar-refractivity contribution is -0.118. The van der Waals surface area contributed by atoms with Gasteiger partial charge in [0, 0.05) is 31.1 Å². The van der Waals surface area contributed by atoms with E-state index in [2.05, 4.69) is 34.3 Å². The van der Waals surface area contributed by atoms with Crippen molar-refractivity contribution >= 4 is 17.5 Å². The van der Waals surface area contributed by atoms with E-state index in [0.717, 1.165) is 49.2 Å². The number of nitrogen functional groups attached to an aromatic ring is 1. The van der Waals surface area contributed by atoms with Crippen LogP contribution in [0.2, 0.25) is 0 Å². The number of ketones is 1. The first kappa shape index (κ1) is 18.9. The van der Waals surface area contributed by atoms with Crippen LogP contribution >= 0.6 is 0 Å². The summed E-state index contributed by atoms with van der Waals surface area (Å²) in [5.74, 6) is 1.40. The van der Waals surface area contributed by atoms with Crippen LogP contribution < -0.4 is 11.1 Å². The lowest BCUT2D eigenvalue weighted by Gasteiger charge is -2.11. The van der Waals surface area contributed by atoms with Crippen LogP contribution in [0, 0.1) is 0 Å². The summed E-state index contributed by atoms with van der Waals surface area (Å²) in [6.45, 7) is 4.95. The molecule has 0 amide bonds. The smallest absolute Gasteiger partial charge is 0.221 e. The topological polar surface area (TPSA) is 80.9 Å². The summed E-state index contributed by atoms with van der Waals surface area (Å²) in [4.78, 5) is 20.1. The molecule has 0 fully saturated rings. The van der Waals surface area contributed by atoms with Crippen molar-refractivity contribution in [3.05, 3.63) is 47.2 Å². The highest BCUT2D eigenvalue weighted by atomic mass is 16.1. The molecule has 0 bridgehead atoms. The monoisotopic (exact) mass is 340 g/mol. The van der Waals surface area contributed by atoms with Crippen LogP contribution in [-0.4, -0.2) is 22.3 Å². The van der Waals surface area contributed by atoms with Gasteiger partial charge in [0.2, 0.25) is 5.95 Å². The first-order chi connectivity index (χ1) is 12.1. The number of aromatic nitrogens is 2. The number of nitrogens with two attached hydrogens (primary N) is 1. The minimum absolute atomic E-state index is 0.270. The molecule has 5 nitrogen and oxygen atoms in total. The van der Waals surface area contributed by atoms with Crippen LogP contribution in [0.25, 0.3) is 0 Å². The van der Waals surface area contributed by atoms with Crippen molar-refractivity contribution in [2.45, 2.75) is 52.4 Å². The van der Waals surface area contributed by atoms with Gasteiger partial charge in [-0.2, -0.15) is 4.98 Å². The standard InChI is InChI=1S/C20H28N4O/c1-3-5-11-22-19-17(14-23-20(21)24-19)10-9-15-7-6-8-16(12-15)13-18(25)4-2/h6-8,12,14H,3-5,9-11,13H2,1-2H3,(H3,21,22,23,24). The van der Waals surface area contributed by atoms with Crippen LogP contribution in [0.4, 0.5) is 11.8 Å². The Balaban J connectivity index is 2.03. The molecule has 2 rings (SSSR count). The Labute approximate surface area is 150 Å². The van der Waals surface area contributed by atoms with Crippen LogP contribution in [0.15, 0.2) is 30.5 Å². The minimum Gasteiger partial charge on any atom is -0.370 e. The lowest BCUT2D eigenvalue weighted by Crippen LogP contribution is -2.09. The Hall–Kier alpha value is -2.43. The summed E-state index contributed by atoms with van der Waals surface area (Å²) < 4.78 is 0. The van der Waals surface area contributed by atoms with E-state index in [9.17, 15) is 4.79 Å². The maximum absolute atomic E-state index is 11.6. The molecule has 0 aliphatic heterocycles. The SMILES string of the molecule is CCCCNc1nc(N)ncc1CCc1cccc(CC(=O)CC)c1. The maximum atomic E-state index is 11.6. The van der Waals surface area contributed by atoms with Crippen molar-refractivity contribution in [2.24, 2.45) is 0 Å². The van der Waals surface area contributed by atoms with Crippen molar-refractivity contribution < 1.29 is 4.79 Å². The number of anilines is 2. The highest BCUT2D eigenvalue weighted by Crippen LogP contribution is 2.17. The molecule has 0 saturated carbocycles. The number of benzene rings is 1. The number of rotatable bonds is 10. The van der Waals surface area contributed by atoms with E-state index < -0.39 is 0 Å². The van der Waals surface area contributed by atoms with Crippen LogP contribution in [0.1, 0.15) is 49.8 Å². The average molecular weight is 340 g/mol. The molecule has 0 spiro atoms. The molecule has 5 heteroatoms. The molecular formula is C20H28N4O. The van der Waals surface area contributed by atoms with E-state index in [1.54, 1.807) is 6.20 Å². The van der Waals surface area contributed by atoms with Gasteiger partial charge in [0.25, 0.3) is 0 Å². The normalized spacial score (nSPS) is 10.6. The molecular weight excluding hydrogens is 312 g/mol. The number of nitrogens with zero attached hydrogens (tertiary/aromatic N) is 2. The summed E-state index contributed by atoms with van der Waals surface area (Å²) in [6.07, 6.45) is 6.84. The molecule has 1 aromatic carbocycles. The molecule has 0 atom stereocenters. The van der Waals surface area contributed by atoms with Gasteiger partial charge in [-0.05, 0) is 30.4 Å². The third-order valence-electron chi connectivity index (χ3n) is 4.18. The third-order valence-corrected chi connectivity index (χ3v) is 4.18.